The van der Waals surface area contributed by atoms with Gasteiger partial charge in [0.15, 0.2) is 0 Å². The minimum Gasteiger partial charge on any atom is -0.258 e. The molecule has 0 saturated heterocycles. The Morgan fingerprint density at radius 2 is 2.36 bits per heavy atom. The monoisotopic (exact) mass is 166 g/mol. The van der Waals surface area contributed by atoms with Crippen molar-refractivity contribution in [2.75, 3.05) is 0 Å². The molecule has 0 aromatic carbocycles. The molecule has 0 unspecified atom stereocenters. The lowest BCUT2D eigenvalue weighted by atomic mass is 10.4. The molecule has 0 atom stereocenters. The second-order valence-electron chi connectivity index (χ2n) is 2.09. The van der Waals surface area contributed by atoms with Crippen LogP contribution in [0.5, 0.6) is 0 Å². The van der Waals surface area contributed by atoms with Crippen LogP contribution in [0.25, 0.3) is 0 Å². The second-order valence-corrected chi connectivity index (χ2v) is 3.33. The summed E-state index contributed by atoms with van der Waals surface area (Å²) in [5.74, 6) is 0. The summed E-state index contributed by atoms with van der Waals surface area (Å²) < 4.78 is 0. The van der Waals surface area contributed by atoms with Gasteiger partial charge in [-0.2, -0.15) is 0 Å². The Bertz CT molecular complexity index is 286. The molecule has 0 aliphatic heterocycles. The van der Waals surface area contributed by atoms with E-state index in [0.717, 1.165) is 10.7 Å². The summed E-state index contributed by atoms with van der Waals surface area (Å²) in [7, 11) is 0. The van der Waals surface area contributed by atoms with Crippen LogP contribution in [0.2, 0.25) is 0 Å². The molecule has 0 fully saturated rings. The van der Waals surface area contributed by atoms with E-state index in [1.807, 2.05) is 19.9 Å². The van der Waals surface area contributed by atoms with Crippen LogP contribution < -0.4 is 0 Å². The molecule has 58 valence electrons. The number of nitrogens with zero attached hydrogens (tertiary/aromatic N) is 2. The minimum atomic E-state index is 0.903. The molecule has 1 aromatic heterocycles. The van der Waals surface area contributed by atoms with Crippen LogP contribution in [0.15, 0.2) is 16.1 Å². The third-order valence-corrected chi connectivity index (χ3v) is 2.20. The molecule has 0 amide bonds. The maximum Gasteiger partial charge on any atom is 0.141 e. The van der Waals surface area contributed by atoms with Crippen molar-refractivity contribution in [3.05, 3.63) is 10.9 Å². The molecule has 11 heavy (non-hydrogen) atoms. The number of hydrogen-bond acceptors (Lipinski definition) is 3. The van der Waals surface area contributed by atoms with Gasteiger partial charge >= 0.3 is 0 Å². The molecular weight excluding hydrogens is 156 g/mol. The van der Waals surface area contributed by atoms with E-state index in [0.29, 0.717) is 0 Å². The summed E-state index contributed by atoms with van der Waals surface area (Å²) in [5.41, 5.74) is 0.921. The summed E-state index contributed by atoms with van der Waals surface area (Å²) in [5, 5.41) is 0.903. The van der Waals surface area contributed by atoms with Crippen molar-refractivity contribution in [1.82, 2.24) is 0 Å². The Labute approximate surface area is 70.3 Å². The van der Waals surface area contributed by atoms with Crippen molar-refractivity contribution in [1.29, 1.82) is 0 Å². The Kier molecular flexibility index (Phi) is 2.54. The van der Waals surface area contributed by atoms with Crippen LogP contribution in [0.1, 0.15) is 11.8 Å². The predicted molar refractivity (Wildman–Crippen MR) is 52.1 cm³/mol. The number of aliphatic imine (C=N–C) groups is 2. The fourth-order valence-corrected chi connectivity index (χ4v) is 1.59. The average Bonchev–Trinajstić information content (AvgIpc) is 2.32. The molecule has 2 nitrogen and oxygen atoms in total. The van der Waals surface area contributed by atoms with E-state index in [-0.39, 0.29) is 0 Å². The average molecular weight is 166 g/mol. The van der Waals surface area contributed by atoms with Crippen molar-refractivity contribution in [2.24, 2.45) is 9.98 Å². The first-order valence-electron chi connectivity index (χ1n) is 3.33. The molecule has 1 aromatic rings. The number of thiophene rings is 1. The molecular formula is C8H10N2S. The first-order chi connectivity index (χ1) is 5.27. The van der Waals surface area contributed by atoms with Crippen molar-refractivity contribution in [2.45, 2.75) is 13.8 Å². The SMILES string of the molecule is C=Nc1sc(C)cc1/N=C\C. The summed E-state index contributed by atoms with van der Waals surface area (Å²) in [6, 6.07) is 2.01. The van der Waals surface area contributed by atoms with E-state index >= 15 is 0 Å². The normalized spacial score (nSPS) is 10.7. The van der Waals surface area contributed by atoms with Gasteiger partial charge in [-0.15, -0.1) is 11.3 Å². The fraction of sp³-hybridized carbons (Fsp3) is 0.250. The van der Waals surface area contributed by atoms with Crippen LogP contribution in [0.3, 0.4) is 0 Å². The van der Waals surface area contributed by atoms with Crippen LogP contribution in [-0.2, 0) is 0 Å². The highest BCUT2D eigenvalue weighted by Gasteiger charge is 2.01. The van der Waals surface area contributed by atoms with Gasteiger partial charge in [-0.05, 0) is 26.6 Å². The van der Waals surface area contributed by atoms with Gasteiger partial charge < -0.3 is 0 Å². The fourth-order valence-electron chi connectivity index (χ4n) is 0.833. The highest BCUT2D eigenvalue weighted by atomic mass is 32.1. The van der Waals surface area contributed by atoms with Gasteiger partial charge in [0.2, 0.25) is 0 Å². The third kappa shape index (κ3) is 1.74. The van der Waals surface area contributed by atoms with Crippen LogP contribution in [-0.4, -0.2) is 12.9 Å². The predicted octanol–water partition coefficient (Wildman–Crippen LogP) is 3.11. The molecule has 0 aliphatic rings. The zero-order chi connectivity index (χ0) is 8.27. The number of aryl methyl sites for hydroxylation is 1. The Morgan fingerprint density at radius 3 is 2.91 bits per heavy atom. The smallest absolute Gasteiger partial charge is 0.141 e. The van der Waals surface area contributed by atoms with Gasteiger partial charge in [0.1, 0.15) is 5.00 Å². The summed E-state index contributed by atoms with van der Waals surface area (Å²) >= 11 is 1.61. The van der Waals surface area contributed by atoms with Crippen molar-refractivity contribution in [3.8, 4) is 0 Å². The van der Waals surface area contributed by atoms with E-state index in [2.05, 4.69) is 16.7 Å². The molecule has 3 heteroatoms. The van der Waals surface area contributed by atoms with E-state index < -0.39 is 0 Å². The van der Waals surface area contributed by atoms with Gasteiger partial charge in [0.25, 0.3) is 0 Å². The Morgan fingerprint density at radius 1 is 1.64 bits per heavy atom. The van der Waals surface area contributed by atoms with E-state index in [1.165, 1.54) is 4.88 Å². The standard InChI is InChI=1S/C8H10N2S/c1-4-10-7-5-6(2)11-8(7)9-3/h4-5H,3H2,1-2H3/b10-4-. The summed E-state index contributed by atoms with van der Waals surface area (Å²) in [4.78, 5) is 9.23. The summed E-state index contributed by atoms with van der Waals surface area (Å²) in [6.45, 7) is 7.40. The van der Waals surface area contributed by atoms with Crippen molar-refractivity contribution in [3.63, 3.8) is 0 Å². The van der Waals surface area contributed by atoms with Gasteiger partial charge in [0.05, 0.1) is 5.69 Å². The molecule has 0 spiro atoms. The van der Waals surface area contributed by atoms with Crippen molar-refractivity contribution >= 4 is 35.0 Å². The summed E-state index contributed by atoms with van der Waals surface area (Å²) in [6.07, 6.45) is 1.76. The topological polar surface area (TPSA) is 24.7 Å². The lowest BCUT2D eigenvalue weighted by molar-refractivity contribution is 1.52. The van der Waals surface area contributed by atoms with E-state index in [1.54, 1.807) is 17.6 Å². The number of rotatable bonds is 2. The highest BCUT2D eigenvalue weighted by molar-refractivity contribution is 7.16. The van der Waals surface area contributed by atoms with E-state index in [9.17, 15) is 0 Å². The zero-order valence-electron chi connectivity index (χ0n) is 6.66. The molecule has 0 bridgehead atoms. The largest absolute Gasteiger partial charge is 0.258 e. The Balaban J connectivity index is 3.11. The van der Waals surface area contributed by atoms with Gasteiger partial charge in [-0.25, -0.2) is 0 Å². The van der Waals surface area contributed by atoms with Crippen molar-refractivity contribution < 1.29 is 0 Å². The lowest BCUT2D eigenvalue weighted by Crippen LogP contribution is -1.58. The van der Waals surface area contributed by atoms with Gasteiger partial charge in [-0.1, -0.05) is 0 Å². The van der Waals surface area contributed by atoms with Crippen LogP contribution in [0, 0.1) is 6.92 Å². The molecule has 0 aliphatic carbocycles. The minimum absolute atomic E-state index is 0.903. The maximum absolute atomic E-state index is 4.15. The first kappa shape index (κ1) is 8.14. The van der Waals surface area contributed by atoms with Crippen LogP contribution in [0.4, 0.5) is 10.7 Å². The third-order valence-electron chi connectivity index (χ3n) is 1.23. The Hall–Kier alpha value is -0.960. The lowest BCUT2D eigenvalue weighted by Gasteiger charge is -1.86. The molecule has 0 saturated carbocycles. The first-order valence-corrected chi connectivity index (χ1v) is 4.15. The second kappa shape index (κ2) is 3.44. The van der Waals surface area contributed by atoms with Crippen LogP contribution >= 0.6 is 11.3 Å². The number of hydrogen-bond donors (Lipinski definition) is 0. The molecule has 1 heterocycles. The molecule has 0 N–H and O–H groups in total. The molecule has 1 rings (SSSR count). The highest BCUT2D eigenvalue weighted by Crippen LogP contribution is 2.36. The maximum atomic E-state index is 4.15. The van der Waals surface area contributed by atoms with E-state index in [4.69, 9.17) is 0 Å². The zero-order valence-corrected chi connectivity index (χ0v) is 7.48. The van der Waals surface area contributed by atoms with Gasteiger partial charge in [0, 0.05) is 11.1 Å². The molecule has 0 radical (unpaired) electrons. The van der Waals surface area contributed by atoms with Gasteiger partial charge in [-0.3, -0.25) is 9.98 Å². The quantitative estimate of drug-likeness (QED) is 0.603.